The molecule has 0 saturated heterocycles. The first kappa shape index (κ1) is 14.6. The number of alkyl halides is 3. The van der Waals surface area contributed by atoms with Crippen molar-refractivity contribution in [2.75, 3.05) is 14.2 Å². The molecule has 8 heteroatoms. The predicted octanol–water partition coefficient (Wildman–Crippen LogP) is 2.25. The third kappa shape index (κ3) is 3.51. The van der Waals surface area contributed by atoms with E-state index in [1.807, 2.05) is 0 Å². The van der Waals surface area contributed by atoms with E-state index >= 15 is 0 Å². The molecule has 0 N–H and O–H groups in total. The van der Waals surface area contributed by atoms with Gasteiger partial charge in [0.1, 0.15) is 23.1 Å². The Kier molecular flexibility index (Phi) is 4.22. The highest BCUT2D eigenvalue weighted by molar-refractivity contribution is 5.93. The van der Waals surface area contributed by atoms with Gasteiger partial charge in [0.05, 0.1) is 19.8 Å². The summed E-state index contributed by atoms with van der Waals surface area (Å²) >= 11 is 0. The number of carbonyl (C=O) groups excluding carboxylic acids is 1. The van der Waals surface area contributed by atoms with Crippen LogP contribution in [0.15, 0.2) is 12.1 Å². The normalized spacial score (nSPS) is 10.5. The SMILES string of the molecule is COC(=O)c1cc(OC)c(C#N)cc1OC(F)(F)F. The van der Waals surface area contributed by atoms with Crippen molar-refractivity contribution in [1.29, 1.82) is 5.26 Å². The van der Waals surface area contributed by atoms with E-state index in [1.54, 1.807) is 6.07 Å². The van der Waals surface area contributed by atoms with Gasteiger partial charge < -0.3 is 14.2 Å². The van der Waals surface area contributed by atoms with Crippen molar-refractivity contribution in [3.63, 3.8) is 0 Å². The molecule has 0 heterocycles. The average Bonchev–Trinajstić information content (AvgIpc) is 2.35. The minimum Gasteiger partial charge on any atom is -0.495 e. The monoisotopic (exact) mass is 275 g/mol. The Bertz CT molecular complexity index is 534. The van der Waals surface area contributed by atoms with E-state index in [1.165, 1.54) is 7.11 Å². The second kappa shape index (κ2) is 5.48. The van der Waals surface area contributed by atoms with E-state index in [9.17, 15) is 18.0 Å². The maximum absolute atomic E-state index is 12.2. The molecular weight excluding hydrogens is 267 g/mol. The lowest BCUT2D eigenvalue weighted by molar-refractivity contribution is -0.274. The van der Waals surface area contributed by atoms with Crippen molar-refractivity contribution in [1.82, 2.24) is 0 Å². The quantitative estimate of drug-likeness (QED) is 0.791. The molecule has 1 rings (SSSR count). The highest BCUT2D eigenvalue weighted by Crippen LogP contribution is 2.32. The molecule has 1 aromatic carbocycles. The second-order valence-corrected chi connectivity index (χ2v) is 3.20. The Hall–Kier alpha value is -2.43. The molecular formula is C11H8F3NO4. The first-order chi connectivity index (χ1) is 8.82. The van der Waals surface area contributed by atoms with Crippen molar-refractivity contribution < 1.29 is 32.2 Å². The minimum atomic E-state index is -5.00. The van der Waals surface area contributed by atoms with E-state index < -0.39 is 23.6 Å². The molecule has 0 aliphatic heterocycles. The first-order valence-corrected chi connectivity index (χ1v) is 4.78. The van der Waals surface area contributed by atoms with Gasteiger partial charge in [-0.15, -0.1) is 13.2 Å². The number of esters is 1. The Morgan fingerprint density at radius 1 is 1.26 bits per heavy atom. The van der Waals surface area contributed by atoms with Crippen LogP contribution in [0.4, 0.5) is 13.2 Å². The average molecular weight is 275 g/mol. The topological polar surface area (TPSA) is 68.5 Å². The maximum atomic E-state index is 12.2. The Labute approximate surface area is 106 Å². The van der Waals surface area contributed by atoms with Crippen molar-refractivity contribution >= 4 is 5.97 Å². The lowest BCUT2D eigenvalue weighted by Crippen LogP contribution is -2.19. The second-order valence-electron chi connectivity index (χ2n) is 3.20. The zero-order valence-electron chi connectivity index (χ0n) is 9.87. The molecule has 0 aromatic heterocycles. The largest absolute Gasteiger partial charge is 0.573 e. The predicted molar refractivity (Wildman–Crippen MR) is 55.7 cm³/mol. The molecule has 102 valence electrons. The van der Waals surface area contributed by atoms with Gasteiger partial charge in [-0.05, 0) is 6.07 Å². The van der Waals surface area contributed by atoms with Crippen LogP contribution in [0.1, 0.15) is 15.9 Å². The number of benzene rings is 1. The molecule has 0 bridgehead atoms. The standard InChI is InChI=1S/C11H8F3NO4/c1-17-8-4-7(10(16)18-2)9(3-6(8)5-15)19-11(12,13)14/h3-4H,1-2H3. The van der Waals surface area contributed by atoms with Crippen LogP contribution in [0.5, 0.6) is 11.5 Å². The number of nitriles is 1. The number of hydrogen-bond donors (Lipinski definition) is 0. The molecule has 5 nitrogen and oxygen atoms in total. The fourth-order valence-corrected chi connectivity index (χ4v) is 1.29. The van der Waals surface area contributed by atoms with Gasteiger partial charge in [0.15, 0.2) is 0 Å². The van der Waals surface area contributed by atoms with Gasteiger partial charge in [-0.25, -0.2) is 4.79 Å². The van der Waals surface area contributed by atoms with Gasteiger partial charge in [-0.2, -0.15) is 5.26 Å². The lowest BCUT2D eigenvalue weighted by Gasteiger charge is -2.14. The van der Waals surface area contributed by atoms with Crippen LogP contribution in [-0.2, 0) is 4.74 Å². The van der Waals surface area contributed by atoms with Crippen LogP contribution in [0.3, 0.4) is 0 Å². The van der Waals surface area contributed by atoms with Crippen LogP contribution in [0.25, 0.3) is 0 Å². The van der Waals surface area contributed by atoms with Crippen molar-refractivity contribution in [2.45, 2.75) is 6.36 Å². The summed E-state index contributed by atoms with van der Waals surface area (Å²) < 4.78 is 49.5. The van der Waals surface area contributed by atoms with E-state index in [4.69, 9.17) is 10.00 Å². The minimum absolute atomic E-state index is 0.0579. The number of rotatable bonds is 3. The van der Waals surface area contributed by atoms with Gasteiger partial charge in [-0.3, -0.25) is 0 Å². The first-order valence-electron chi connectivity index (χ1n) is 4.78. The highest BCUT2D eigenvalue weighted by atomic mass is 19.4. The molecule has 0 radical (unpaired) electrons. The molecule has 0 spiro atoms. The molecule has 0 unspecified atom stereocenters. The summed E-state index contributed by atoms with van der Waals surface area (Å²) in [7, 11) is 2.21. The molecule has 0 aliphatic rings. The fraction of sp³-hybridized carbons (Fsp3) is 0.273. The number of halogens is 3. The van der Waals surface area contributed by atoms with Gasteiger partial charge in [0.2, 0.25) is 0 Å². The van der Waals surface area contributed by atoms with Crippen molar-refractivity contribution in [3.8, 4) is 17.6 Å². The molecule has 0 amide bonds. The summed E-state index contributed by atoms with van der Waals surface area (Å²) in [4.78, 5) is 11.4. The Balaban J connectivity index is 3.41. The van der Waals surface area contributed by atoms with Crippen LogP contribution >= 0.6 is 0 Å². The number of hydrogen-bond acceptors (Lipinski definition) is 5. The summed E-state index contributed by atoms with van der Waals surface area (Å²) in [5, 5.41) is 8.78. The van der Waals surface area contributed by atoms with Gasteiger partial charge in [0.25, 0.3) is 0 Å². The molecule has 0 atom stereocenters. The zero-order valence-corrected chi connectivity index (χ0v) is 9.87. The number of ether oxygens (including phenoxy) is 3. The summed E-state index contributed by atoms with van der Waals surface area (Å²) in [5.41, 5.74) is -0.690. The smallest absolute Gasteiger partial charge is 0.495 e. The van der Waals surface area contributed by atoms with Crippen molar-refractivity contribution in [2.24, 2.45) is 0 Å². The van der Waals surface area contributed by atoms with Crippen molar-refractivity contribution in [3.05, 3.63) is 23.3 Å². The summed E-state index contributed by atoms with van der Waals surface area (Å²) in [6.07, 6.45) is -5.00. The Morgan fingerprint density at radius 2 is 1.89 bits per heavy atom. The van der Waals surface area contributed by atoms with Gasteiger partial charge in [-0.1, -0.05) is 0 Å². The Morgan fingerprint density at radius 3 is 2.32 bits per heavy atom. The third-order valence-electron chi connectivity index (χ3n) is 2.05. The molecule has 0 saturated carbocycles. The van der Waals surface area contributed by atoms with E-state index in [2.05, 4.69) is 9.47 Å². The lowest BCUT2D eigenvalue weighted by atomic mass is 10.1. The number of methoxy groups -OCH3 is 2. The van der Waals surface area contributed by atoms with Crippen LogP contribution in [-0.4, -0.2) is 26.6 Å². The van der Waals surface area contributed by atoms with E-state index in [-0.39, 0.29) is 11.3 Å². The van der Waals surface area contributed by atoms with Gasteiger partial charge in [0, 0.05) is 6.07 Å². The van der Waals surface area contributed by atoms with Crippen LogP contribution in [0.2, 0.25) is 0 Å². The maximum Gasteiger partial charge on any atom is 0.573 e. The summed E-state index contributed by atoms with van der Waals surface area (Å²) in [6.45, 7) is 0. The molecule has 0 aliphatic carbocycles. The molecule has 0 fully saturated rings. The van der Waals surface area contributed by atoms with Crippen LogP contribution in [0, 0.1) is 11.3 Å². The van der Waals surface area contributed by atoms with Crippen LogP contribution < -0.4 is 9.47 Å². The highest BCUT2D eigenvalue weighted by Gasteiger charge is 2.34. The molecule has 1 aromatic rings. The summed E-state index contributed by atoms with van der Waals surface area (Å²) in [6, 6.07) is 3.34. The third-order valence-corrected chi connectivity index (χ3v) is 2.05. The molecule has 19 heavy (non-hydrogen) atoms. The zero-order chi connectivity index (χ0) is 14.6. The van der Waals surface area contributed by atoms with E-state index in [0.29, 0.717) is 0 Å². The number of nitrogens with zero attached hydrogens (tertiary/aromatic N) is 1. The summed E-state index contributed by atoms with van der Waals surface area (Å²) in [5.74, 6) is -1.92. The number of carbonyl (C=O) groups is 1. The van der Waals surface area contributed by atoms with Gasteiger partial charge >= 0.3 is 12.3 Å². The fourth-order valence-electron chi connectivity index (χ4n) is 1.29. The van der Waals surface area contributed by atoms with E-state index in [0.717, 1.165) is 19.2 Å².